The lowest BCUT2D eigenvalue weighted by Crippen LogP contribution is -2.32. The number of rotatable bonds is 4. The van der Waals surface area contributed by atoms with E-state index in [0.717, 1.165) is 18.9 Å². The molecule has 0 aliphatic carbocycles. The van der Waals surface area contributed by atoms with Gasteiger partial charge in [-0.25, -0.2) is 0 Å². The number of alkyl halides is 3. The summed E-state index contributed by atoms with van der Waals surface area (Å²) in [4.78, 5) is 14.2. The fourth-order valence-electron chi connectivity index (χ4n) is 2.88. The Morgan fingerprint density at radius 3 is 2.71 bits per heavy atom. The largest absolute Gasteiger partial charge is 0.435 e. The normalized spacial score (nSPS) is 18.2. The van der Waals surface area contributed by atoms with Gasteiger partial charge in [0.15, 0.2) is 17.3 Å². The maximum Gasteiger partial charge on any atom is 0.435 e. The minimum atomic E-state index is -4.51. The predicted molar refractivity (Wildman–Crippen MR) is 79.6 cm³/mol. The van der Waals surface area contributed by atoms with Gasteiger partial charge in [-0.1, -0.05) is 0 Å². The highest BCUT2D eigenvalue weighted by molar-refractivity contribution is 5.96. The second kappa shape index (κ2) is 6.21. The van der Waals surface area contributed by atoms with E-state index in [4.69, 9.17) is 0 Å². The van der Waals surface area contributed by atoms with Crippen LogP contribution in [-0.2, 0) is 13.2 Å². The molecule has 2 aromatic heterocycles. The summed E-state index contributed by atoms with van der Waals surface area (Å²) in [5.41, 5.74) is -0.490. The third-order valence-electron chi connectivity index (χ3n) is 4.06. The van der Waals surface area contributed by atoms with Gasteiger partial charge in [0, 0.05) is 32.3 Å². The molecule has 1 fully saturated rings. The van der Waals surface area contributed by atoms with Crippen LogP contribution < -0.4 is 4.90 Å². The number of aryl methyl sites for hydroxylation is 1. The Labute approximate surface area is 136 Å². The van der Waals surface area contributed by atoms with Crippen LogP contribution in [0.15, 0.2) is 24.5 Å². The first kappa shape index (κ1) is 16.4. The average molecular weight is 339 g/mol. The van der Waals surface area contributed by atoms with Crippen LogP contribution in [-0.4, -0.2) is 38.3 Å². The Bertz CT molecular complexity index is 725. The van der Waals surface area contributed by atoms with E-state index in [0.29, 0.717) is 17.9 Å². The molecule has 6 nitrogen and oxygen atoms in total. The quantitative estimate of drug-likeness (QED) is 0.801. The summed E-state index contributed by atoms with van der Waals surface area (Å²) in [5.74, 6) is 0.323. The summed E-state index contributed by atoms with van der Waals surface area (Å²) < 4.78 is 39.3. The van der Waals surface area contributed by atoms with E-state index in [2.05, 4.69) is 15.3 Å². The van der Waals surface area contributed by atoms with Gasteiger partial charge in [0.25, 0.3) is 0 Å². The molecule has 0 unspecified atom stereocenters. The lowest BCUT2D eigenvalue weighted by Gasteiger charge is -2.24. The number of Topliss-reactive ketones (excluding diaryl/α,β-unsaturated/α-hetero) is 1. The van der Waals surface area contributed by atoms with Crippen LogP contribution in [0, 0.1) is 0 Å². The number of anilines is 1. The third-order valence-corrected chi connectivity index (χ3v) is 4.06. The van der Waals surface area contributed by atoms with Crippen molar-refractivity contribution >= 4 is 11.6 Å². The lowest BCUT2D eigenvalue weighted by atomic mass is 10.0. The standard InChI is InChI=1S/C15H16F3N5O/c1-22-9-10(8-19-22)12(24)7-11-3-2-6-23(11)14-5-4-13(20-21-14)15(16,17)18/h4-5,8-9,11H,2-3,6-7H2,1H3/t11-/m1/s1. The van der Waals surface area contributed by atoms with Crippen LogP contribution in [0.4, 0.5) is 19.0 Å². The molecular weight excluding hydrogens is 323 g/mol. The van der Waals surface area contributed by atoms with Gasteiger partial charge in [-0.05, 0) is 25.0 Å². The van der Waals surface area contributed by atoms with Crippen LogP contribution >= 0.6 is 0 Å². The molecule has 3 heterocycles. The van der Waals surface area contributed by atoms with E-state index in [1.54, 1.807) is 17.9 Å². The van der Waals surface area contributed by atoms with E-state index in [1.165, 1.54) is 12.3 Å². The van der Waals surface area contributed by atoms with Crippen molar-refractivity contribution in [1.82, 2.24) is 20.0 Å². The number of halogens is 3. The molecule has 2 aromatic rings. The smallest absolute Gasteiger partial charge is 0.352 e. The topological polar surface area (TPSA) is 63.9 Å². The molecule has 0 bridgehead atoms. The summed E-state index contributed by atoms with van der Waals surface area (Å²) in [5, 5.41) is 10.9. The fraction of sp³-hybridized carbons (Fsp3) is 0.467. The second-order valence-corrected chi connectivity index (χ2v) is 5.79. The van der Waals surface area contributed by atoms with Crippen molar-refractivity contribution < 1.29 is 18.0 Å². The van der Waals surface area contributed by atoms with Gasteiger partial charge >= 0.3 is 6.18 Å². The predicted octanol–water partition coefficient (Wildman–Crippen LogP) is 2.47. The molecule has 0 amide bonds. The number of carbonyl (C=O) groups is 1. The summed E-state index contributed by atoms with van der Waals surface area (Å²) in [6.45, 7) is 0.644. The molecule has 3 rings (SSSR count). The molecule has 0 spiro atoms. The maximum absolute atomic E-state index is 12.6. The van der Waals surface area contributed by atoms with Crippen LogP contribution in [0.1, 0.15) is 35.3 Å². The van der Waals surface area contributed by atoms with Gasteiger partial charge in [-0.15, -0.1) is 10.2 Å². The van der Waals surface area contributed by atoms with Gasteiger partial charge in [0.2, 0.25) is 0 Å². The molecule has 0 radical (unpaired) electrons. The van der Waals surface area contributed by atoms with Crippen LogP contribution in [0.2, 0.25) is 0 Å². The van der Waals surface area contributed by atoms with Crippen LogP contribution in [0.25, 0.3) is 0 Å². The molecule has 128 valence electrons. The van der Waals surface area contributed by atoms with Gasteiger partial charge in [0.1, 0.15) is 0 Å². The van der Waals surface area contributed by atoms with Gasteiger partial charge in [-0.2, -0.15) is 18.3 Å². The Morgan fingerprint density at radius 1 is 1.33 bits per heavy atom. The molecule has 1 aliphatic heterocycles. The second-order valence-electron chi connectivity index (χ2n) is 5.79. The first-order chi connectivity index (χ1) is 11.3. The maximum atomic E-state index is 12.6. The van der Waals surface area contributed by atoms with E-state index in [9.17, 15) is 18.0 Å². The van der Waals surface area contributed by atoms with Crippen LogP contribution in [0.5, 0.6) is 0 Å². The Kier molecular flexibility index (Phi) is 4.25. The van der Waals surface area contributed by atoms with Gasteiger partial charge in [0.05, 0.1) is 11.8 Å². The SMILES string of the molecule is Cn1cc(C(=O)C[C@H]2CCCN2c2ccc(C(F)(F)F)nn2)cn1. The Morgan fingerprint density at radius 2 is 2.12 bits per heavy atom. The third kappa shape index (κ3) is 3.39. The van der Waals surface area contributed by atoms with Crippen molar-refractivity contribution in [2.24, 2.45) is 7.05 Å². The van der Waals surface area contributed by atoms with Crippen molar-refractivity contribution in [1.29, 1.82) is 0 Å². The molecule has 1 aliphatic rings. The van der Waals surface area contributed by atoms with Crippen molar-refractivity contribution in [2.75, 3.05) is 11.4 Å². The minimum absolute atomic E-state index is 0.0418. The highest BCUT2D eigenvalue weighted by atomic mass is 19.4. The average Bonchev–Trinajstić information content (AvgIpc) is 3.15. The highest BCUT2D eigenvalue weighted by Gasteiger charge is 2.34. The fourth-order valence-corrected chi connectivity index (χ4v) is 2.88. The summed E-state index contributed by atoms with van der Waals surface area (Å²) in [6.07, 6.45) is 0.572. The van der Waals surface area contributed by atoms with Crippen molar-refractivity contribution in [3.8, 4) is 0 Å². The van der Waals surface area contributed by atoms with E-state index >= 15 is 0 Å². The number of hydrogen-bond acceptors (Lipinski definition) is 5. The lowest BCUT2D eigenvalue weighted by molar-refractivity contribution is -0.141. The molecule has 0 aromatic carbocycles. The monoisotopic (exact) mass is 339 g/mol. The minimum Gasteiger partial charge on any atom is -0.352 e. The number of carbonyl (C=O) groups excluding carboxylic acids is 1. The summed E-state index contributed by atoms with van der Waals surface area (Å²) in [6, 6.07) is 2.13. The molecule has 1 saturated heterocycles. The molecule has 24 heavy (non-hydrogen) atoms. The van der Waals surface area contributed by atoms with Crippen molar-refractivity contribution in [3.63, 3.8) is 0 Å². The molecule has 0 N–H and O–H groups in total. The number of ketones is 1. The summed E-state index contributed by atoms with van der Waals surface area (Å²) in [7, 11) is 1.73. The van der Waals surface area contributed by atoms with Gasteiger partial charge < -0.3 is 4.90 Å². The first-order valence-electron chi connectivity index (χ1n) is 7.54. The van der Waals surface area contributed by atoms with E-state index < -0.39 is 11.9 Å². The molecule has 0 saturated carbocycles. The number of hydrogen-bond donors (Lipinski definition) is 0. The van der Waals surface area contributed by atoms with Crippen molar-refractivity contribution in [3.05, 3.63) is 35.8 Å². The highest BCUT2D eigenvalue weighted by Crippen LogP contribution is 2.30. The Hall–Kier alpha value is -2.45. The van der Waals surface area contributed by atoms with Crippen molar-refractivity contribution in [2.45, 2.75) is 31.5 Å². The molecular formula is C15H16F3N5O. The number of nitrogens with zero attached hydrogens (tertiary/aromatic N) is 5. The molecule has 9 heteroatoms. The van der Waals surface area contributed by atoms with Crippen LogP contribution in [0.3, 0.4) is 0 Å². The van der Waals surface area contributed by atoms with E-state index in [1.807, 2.05) is 4.90 Å². The Balaban J connectivity index is 1.72. The zero-order valence-corrected chi connectivity index (χ0v) is 13.0. The van der Waals surface area contributed by atoms with E-state index in [-0.39, 0.29) is 18.2 Å². The molecule has 1 atom stereocenters. The zero-order chi connectivity index (χ0) is 17.3. The van der Waals surface area contributed by atoms with Gasteiger partial charge in [-0.3, -0.25) is 9.48 Å². The first-order valence-corrected chi connectivity index (χ1v) is 7.54. The number of aromatic nitrogens is 4. The summed E-state index contributed by atoms with van der Waals surface area (Å²) >= 11 is 0. The zero-order valence-electron chi connectivity index (χ0n) is 13.0.